The van der Waals surface area contributed by atoms with Gasteiger partial charge in [-0.15, -0.1) is 11.3 Å². The van der Waals surface area contributed by atoms with Gasteiger partial charge in [0.25, 0.3) is 11.8 Å². The van der Waals surface area contributed by atoms with E-state index in [1.54, 1.807) is 32.4 Å². The molecule has 0 saturated heterocycles. The maximum absolute atomic E-state index is 13.6. The number of aromatic hydroxyl groups is 1. The number of hydrogen-bond acceptors (Lipinski definition) is 11. The molecule has 0 aliphatic heterocycles. The minimum atomic E-state index is -0.676. The second-order valence-corrected chi connectivity index (χ2v) is 12.8. The monoisotopic (exact) mass is 697 g/mol. The molecule has 2 aromatic heterocycles. The van der Waals surface area contributed by atoms with Crippen LogP contribution >= 0.6 is 11.3 Å². The number of esters is 1. The van der Waals surface area contributed by atoms with Crippen LogP contribution in [0.25, 0.3) is 11.5 Å². The van der Waals surface area contributed by atoms with E-state index in [0.29, 0.717) is 37.2 Å². The first kappa shape index (κ1) is 35.6. The number of aromatic nitrogens is 2. The molecule has 0 spiro atoms. The Morgan fingerprint density at radius 2 is 1.82 bits per heavy atom. The average Bonchev–Trinajstić information content (AvgIpc) is 3.78. The highest BCUT2D eigenvalue weighted by atomic mass is 32.1. The van der Waals surface area contributed by atoms with Crippen molar-refractivity contribution < 1.29 is 33.4 Å². The number of oxazole rings is 1. The van der Waals surface area contributed by atoms with E-state index in [9.17, 15) is 19.5 Å². The van der Waals surface area contributed by atoms with Crippen LogP contribution in [0.15, 0.2) is 76.7 Å². The van der Waals surface area contributed by atoms with Gasteiger partial charge >= 0.3 is 5.97 Å². The molecule has 0 bridgehead atoms. The van der Waals surface area contributed by atoms with Crippen molar-refractivity contribution in [2.75, 3.05) is 26.6 Å². The number of rotatable bonds is 14. The number of anilines is 1. The van der Waals surface area contributed by atoms with Gasteiger partial charge in [0.15, 0.2) is 5.69 Å². The number of ether oxygens (including phenoxy) is 2. The molecule has 3 aromatic carbocycles. The number of carbonyl (C=O) groups is 3. The summed E-state index contributed by atoms with van der Waals surface area (Å²) in [4.78, 5) is 49.3. The highest BCUT2D eigenvalue weighted by molar-refractivity contribution is 7.09. The number of methoxy groups -OCH3 is 2. The number of phenols is 1. The van der Waals surface area contributed by atoms with Crippen molar-refractivity contribution >= 4 is 34.8 Å². The van der Waals surface area contributed by atoms with Crippen LogP contribution in [0.4, 0.5) is 5.69 Å². The molecule has 0 saturated carbocycles. The van der Waals surface area contributed by atoms with E-state index in [2.05, 4.69) is 20.6 Å². The number of nitrogens with zero attached hydrogens (tertiary/aromatic N) is 3. The molecule has 13 heteroatoms. The third-order valence-electron chi connectivity index (χ3n) is 7.90. The van der Waals surface area contributed by atoms with Crippen LogP contribution in [-0.4, -0.2) is 65.1 Å². The maximum Gasteiger partial charge on any atom is 0.360 e. The predicted molar refractivity (Wildman–Crippen MR) is 190 cm³/mol. The van der Waals surface area contributed by atoms with E-state index >= 15 is 0 Å². The van der Waals surface area contributed by atoms with Crippen molar-refractivity contribution in [2.45, 2.75) is 45.8 Å². The van der Waals surface area contributed by atoms with Crippen molar-refractivity contribution in [3.05, 3.63) is 111 Å². The van der Waals surface area contributed by atoms with Crippen LogP contribution in [0.2, 0.25) is 0 Å². The number of amides is 2. The summed E-state index contributed by atoms with van der Waals surface area (Å²) in [7, 11) is 4.52. The predicted octanol–water partition coefficient (Wildman–Crippen LogP) is 6.24. The summed E-state index contributed by atoms with van der Waals surface area (Å²) in [5.74, 6) is -0.450. The van der Waals surface area contributed by atoms with Gasteiger partial charge in [0.05, 0.1) is 26.5 Å². The molecule has 0 radical (unpaired) electrons. The van der Waals surface area contributed by atoms with Crippen molar-refractivity contribution in [3.8, 4) is 23.0 Å². The molecule has 5 rings (SSSR count). The molecule has 0 aliphatic rings. The summed E-state index contributed by atoms with van der Waals surface area (Å²) in [6, 6.07) is 17.6. The Bertz CT molecular complexity index is 1990. The topological polar surface area (TPSA) is 156 Å². The third-order valence-corrected chi connectivity index (χ3v) is 8.85. The quantitative estimate of drug-likeness (QED) is 0.0897. The van der Waals surface area contributed by atoms with Gasteiger partial charge in [-0.05, 0) is 80.3 Å². The number of carbonyl (C=O) groups excluding carboxylic acids is 3. The fourth-order valence-corrected chi connectivity index (χ4v) is 6.03. The van der Waals surface area contributed by atoms with Gasteiger partial charge in [0, 0.05) is 47.4 Å². The summed E-state index contributed by atoms with van der Waals surface area (Å²) < 4.78 is 15.5. The lowest BCUT2D eigenvalue weighted by molar-refractivity contribution is 0.0593. The SMILES string of the molecule is COC(=O)c1coc(-c2cc(C(=O)N[C@@H](C)CCc3ccc(NCc4cccc(OC)c4)c(O)c3)cc(C(=O)N(C)Cc3nc(C)cs3)c2)n1. The third kappa shape index (κ3) is 9.05. The van der Waals surface area contributed by atoms with Gasteiger partial charge in [0.2, 0.25) is 5.89 Å². The van der Waals surface area contributed by atoms with Gasteiger partial charge in [-0.1, -0.05) is 18.2 Å². The molecule has 1 atom stereocenters. The van der Waals surface area contributed by atoms with Crippen LogP contribution in [0.3, 0.4) is 0 Å². The molecule has 2 amide bonds. The number of aryl methyl sites for hydroxylation is 2. The number of thiazole rings is 1. The van der Waals surface area contributed by atoms with Crippen LogP contribution in [0.1, 0.15) is 66.4 Å². The van der Waals surface area contributed by atoms with Gasteiger partial charge in [-0.2, -0.15) is 0 Å². The summed E-state index contributed by atoms with van der Waals surface area (Å²) >= 11 is 1.46. The summed E-state index contributed by atoms with van der Waals surface area (Å²) in [5.41, 5.74) is 4.18. The summed E-state index contributed by atoms with van der Waals surface area (Å²) in [6.45, 7) is 4.59. The molecule has 0 fully saturated rings. The number of nitrogens with one attached hydrogen (secondary N) is 2. The van der Waals surface area contributed by atoms with E-state index in [-0.39, 0.29) is 40.4 Å². The summed E-state index contributed by atoms with van der Waals surface area (Å²) in [5, 5.41) is 19.6. The Balaban J connectivity index is 1.26. The molecule has 0 aliphatic carbocycles. The Morgan fingerprint density at radius 1 is 1.02 bits per heavy atom. The fraction of sp³-hybridized carbons (Fsp3) is 0.270. The van der Waals surface area contributed by atoms with Crippen LogP contribution < -0.4 is 15.4 Å². The second kappa shape index (κ2) is 16.1. The molecular formula is C37H39N5O7S. The Labute approximate surface area is 294 Å². The van der Waals surface area contributed by atoms with Crippen LogP contribution in [0.5, 0.6) is 11.5 Å². The van der Waals surface area contributed by atoms with Gasteiger partial charge in [-0.25, -0.2) is 14.8 Å². The van der Waals surface area contributed by atoms with Crippen LogP contribution in [-0.2, 0) is 24.2 Å². The Hall–Kier alpha value is -5.69. The standard InChI is InChI=1S/C37H39N5O7S/c1-22(9-10-24-11-12-30(32(43)14-24)38-18-25-7-6-8-29(13-25)47-4)40-34(44)26-15-27(35-41-31(20-49-35)37(46)48-5)17-28(16-26)36(45)42(3)19-33-39-23(2)21-50-33/h6-8,11-17,20-22,38,43H,9-10,18-19H2,1-5H3,(H,40,44)/t22-/m0/s1. The Morgan fingerprint density at radius 3 is 2.54 bits per heavy atom. The van der Waals surface area contributed by atoms with Gasteiger partial charge in [0.1, 0.15) is 22.8 Å². The number of benzene rings is 3. The fourth-order valence-electron chi connectivity index (χ4n) is 5.21. The summed E-state index contributed by atoms with van der Waals surface area (Å²) in [6.07, 6.45) is 2.35. The average molecular weight is 698 g/mol. The highest BCUT2D eigenvalue weighted by Crippen LogP contribution is 2.27. The minimum absolute atomic E-state index is 0.0400. The van der Waals surface area contributed by atoms with E-state index in [1.807, 2.05) is 55.6 Å². The van der Waals surface area contributed by atoms with E-state index < -0.39 is 11.9 Å². The lowest BCUT2D eigenvalue weighted by Crippen LogP contribution is -2.33. The normalized spacial score (nSPS) is 11.5. The first-order chi connectivity index (χ1) is 24.0. The smallest absolute Gasteiger partial charge is 0.360 e. The number of hydrogen-bond donors (Lipinski definition) is 3. The van der Waals surface area contributed by atoms with Crippen molar-refractivity contribution in [3.63, 3.8) is 0 Å². The minimum Gasteiger partial charge on any atom is -0.506 e. The molecule has 5 aromatic rings. The largest absolute Gasteiger partial charge is 0.506 e. The second-order valence-electron chi connectivity index (χ2n) is 11.8. The van der Waals surface area contributed by atoms with Gasteiger partial charge < -0.3 is 34.5 Å². The molecule has 260 valence electrons. The van der Waals surface area contributed by atoms with Crippen LogP contribution in [0, 0.1) is 6.92 Å². The highest BCUT2D eigenvalue weighted by Gasteiger charge is 2.21. The molecule has 2 heterocycles. The van der Waals surface area contributed by atoms with E-state index in [1.165, 1.54) is 29.4 Å². The lowest BCUT2D eigenvalue weighted by Gasteiger charge is -2.18. The molecule has 50 heavy (non-hydrogen) atoms. The first-order valence-electron chi connectivity index (χ1n) is 15.9. The lowest BCUT2D eigenvalue weighted by atomic mass is 10.0. The Kier molecular flexibility index (Phi) is 11.5. The number of phenolic OH excluding ortho intramolecular Hbond substituents is 1. The van der Waals surface area contributed by atoms with Crippen molar-refractivity contribution in [1.82, 2.24) is 20.2 Å². The molecule has 3 N–H and O–H groups in total. The molecular weight excluding hydrogens is 659 g/mol. The van der Waals surface area contributed by atoms with Crippen molar-refractivity contribution in [2.24, 2.45) is 0 Å². The first-order valence-corrected chi connectivity index (χ1v) is 16.8. The molecule has 12 nitrogen and oxygen atoms in total. The maximum atomic E-state index is 13.6. The zero-order valence-corrected chi connectivity index (χ0v) is 29.3. The van der Waals surface area contributed by atoms with Crippen molar-refractivity contribution in [1.29, 1.82) is 0 Å². The van der Waals surface area contributed by atoms with Gasteiger partial charge in [-0.3, -0.25) is 9.59 Å². The zero-order valence-electron chi connectivity index (χ0n) is 28.5. The molecule has 0 unspecified atom stereocenters. The zero-order chi connectivity index (χ0) is 35.8. The van der Waals surface area contributed by atoms with E-state index in [0.717, 1.165) is 33.8 Å². The van der Waals surface area contributed by atoms with E-state index in [4.69, 9.17) is 13.9 Å².